The molecule has 6 aliphatic rings. The molecule has 1 heterocycles. The van der Waals surface area contributed by atoms with Crippen LogP contribution in [0.15, 0.2) is 47.4 Å². The first-order valence-corrected chi connectivity index (χ1v) is 19.7. The number of anilines is 1. The summed E-state index contributed by atoms with van der Waals surface area (Å²) in [6.45, 7) is 3.16. The van der Waals surface area contributed by atoms with Crippen LogP contribution in [-0.2, 0) is 29.0 Å². The van der Waals surface area contributed by atoms with Crippen LogP contribution in [0.25, 0.3) is 0 Å². The summed E-state index contributed by atoms with van der Waals surface area (Å²) in [4.78, 5) is 16.8. The van der Waals surface area contributed by atoms with Gasteiger partial charge in [-0.3, -0.25) is 9.62 Å². The van der Waals surface area contributed by atoms with Gasteiger partial charge in [0, 0.05) is 75.5 Å². The van der Waals surface area contributed by atoms with Crippen molar-refractivity contribution in [2.75, 3.05) is 53.4 Å². The molecule has 6 fully saturated rings. The maximum Gasteiger partial charge on any atom is 0.340 e. The molecule has 1 unspecified atom stereocenters. The van der Waals surface area contributed by atoms with Crippen molar-refractivity contribution in [2.45, 2.75) is 85.1 Å². The van der Waals surface area contributed by atoms with Crippen LogP contribution >= 0.6 is 0 Å². The number of sulfonamides is 1. The van der Waals surface area contributed by atoms with E-state index in [1.165, 1.54) is 32.4 Å². The van der Waals surface area contributed by atoms with Gasteiger partial charge in [0.15, 0.2) is 0 Å². The summed E-state index contributed by atoms with van der Waals surface area (Å²) in [5.41, 5.74) is -4.59. The minimum Gasteiger partial charge on any atom is -0.497 e. The van der Waals surface area contributed by atoms with Crippen LogP contribution in [0.5, 0.6) is 11.5 Å². The monoisotopic (exact) mass is 742 g/mol. The Morgan fingerprint density at radius 2 is 1.75 bits per heavy atom. The highest BCUT2D eigenvalue weighted by molar-refractivity contribution is 7.92. The van der Waals surface area contributed by atoms with Gasteiger partial charge in [0.05, 0.1) is 43.8 Å². The van der Waals surface area contributed by atoms with Crippen molar-refractivity contribution < 1.29 is 51.8 Å². The predicted octanol–water partition coefficient (Wildman–Crippen LogP) is 3.08. The molecule has 5 saturated carbocycles. The van der Waals surface area contributed by atoms with Crippen LogP contribution < -0.4 is 14.2 Å². The summed E-state index contributed by atoms with van der Waals surface area (Å²) in [6, 6.07) is 10.7. The van der Waals surface area contributed by atoms with E-state index in [2.05, 4.69) is 16.5 Å². The molecule has 0 amide bonds. The van der Waals surface area contributed by atoms with Crippen molar-refractivity contribution in [2.24, 2.45) is 29.1 Å². The van der Waals surface area contributed by atoms with E-state index in [9.17, 15) is 23.4 Å². The molecule has 1 saturated heterocycles. The van der Waals surface area contributed by atoms with E-state index in [-0.39, 0.29) is 57.9 Å². The smallest absolute Gasteiger partial charge is 0.340 e. The number of carbonyl (C=O) groups is 1. The number of nitrogens with one attached hydrogen (secondary N) is 1. The SMILES string of the molecule is CCN1C[C@]2(OC(=O)c3ccccc3NS(=O)(=O)c3cc(OC)ccc3OC)CC[C@H](OC)[C@]34C1[C@H](C[C@H]23)[C@@]1(O)C[C@H](OC)[C@H]2C[C@@H]4[C@]1(O)[C@H]2OC. The van der Waals surface area contributed by atoms with E-state index in [0.717, 1.165) is 0 Å². The Bertz CT molecular complexity index is 1860. The van der Waals surface area contributed by atoms with Gasteiger partial charge in [-0.25, -0.2) is 13.2 Å². The lowest BCUT2D eigenvalue weighted by molar-refractivity contribution is -0.337. The Kier molecular flexibility index (Phi) is 8.50. The van der Waals surface area contributed by atoms with Crippen molar-refractivity contribution in [3.8, 4) is 11.5 Å². The highest BCUT2D eigenvalue weighted by Crippen LogP contribution is 2.79. The Labute approximate surface area is 304 Å². The summed E-state index contributed by atoms with van der Waals surface area (Å²) in [5.74, 6) is -1.36. The fraction of sp³-hybridized carbons (Fsp3) is 0.658. The van der Waals surface area contributed by atoms with Crippen molar-refractivity contribution in [3.63, 3.8) is 0 Å². The molecule has 7 bridgehead atoms. The topological polar surface area (TPSA) is 162 Å². The fourth-order valence-corrected chi connectivity index (χ4v) is 13.9. The lowest BCUT2D eigenvalue weighted by Gasteiger charge is -2.70. The second-order valence-corrected chi connectivity index (χ2v) is 17.3. The minimum absolute atomic E-state index is 0.0607. The van der Waals surface area contributed by atoms with Gasteiger partial charge >= 0.3 is 5.97 Å². The highest BCUT2D eigenvalue weighted by Gasteiger charge is 2.89. The average Bonchev–Trinajstić information content (AvgIpc) is 3.57. The number of ether oxygens (including phenoxy) is 6. The average molecular weight is 743 g/mol. The molecule has 8 rings (SSSR count). The molecular weight excluding hydrogens is 692 g/mol. The van der Waals surface area contributed by atoms with Crippen molar-refractivity contribution in [1.29, 1.82) is 0 Å². The largest absolute Gasteiger partial charge is 0.497 e. The van der Waals surface area contributed by atoms with Crippen molar-refractivity contribution in [3.05, 3.63) is 48.0 Å². The lowest BCUT2D eigenvalue weighted by atomic mass is 9.44. The Morgan fingerprint density at radius 3 is 2.42 bits per heavy atom. The number of hydrogen-bond acceptors (Lipinski definition) is 12. The zero-order valence-corrected chi connectivity index (χ0v) is 31.4. The van der Waals surface area contributed by atoms with Crippen LogP contribution in [0, 0.1) is 29.1 Å². The third-order valence-corrected chi connectivity index (χ3v) is 15.6. The lowest BCUT2D eigenvalue weighted by Crippen LogP contribution is -2.83. The molecular formula is C38H50N2O11S. The third kappa shape index (κ3) is 4.42. The Balaban J connectivity index is 1.20. The van der Waals surface area contributed by atoms with E-state index in [1.807, 2.05) is 0 Å². The molecule has 1 aliphatic heterocycles. The Morgan fingerprint density at radius 1 is 0.981 bits per heavy atom. The van der Waals surface area contributed by atoms with Crippen LogP contribution in [0.2, 0.25) is 0 Å². The number of likely N-dealkylation sites (tertiary alicyclic amines) is 1. The highest BCUT2D eigenvalue weighted by atomic mass is 32.2. The predicted molar refractivity (Wildman–Crippen MR) is 188 cm³/mol. The van der Waals surface area contributed by atoms with Gasteiger partial charge in [-0.05, 0) is 56.5 Å². The van der Waals surface area contributed by atoms with Gasteiger partial charge in [-0.1, -0.05) is 19.1 Å². The van der Waals surface area contributed by atoms with Crippen LogP contribution in [0.3, 0.4) is 0 Å². The molecule has 52 heavy (non-hydrogen) atoms. The first-order valence-electron chi connectivity index (χ1n) is 18.2. The minimum atomic E-state index is -4.25. The zero-order valence-electron chi connectivity index (χ0n) is 30.5. The van der Waals surface area contributed by atoms with E-state index in [1.54, 1.807) is 45.6 Å². The van der Waals surface area contributed by atoms with Crippen LogP contribution in [0.4, 0.5) is 5.69 Å². The summed E-state index contributed by atoms with van der Waals surface area (Å²) < 4.78 is 66.1. The first kappa shape index (κ1) is 36.0. The number of nitrogens with zero attached hydrogens (tertiary/aromatic N) is 1. The second kappa shape index (κ2) is 12.3. The fourth-order valence-electron chi connectivity index (χ4n) is 12.6. The number of piperidine rings is 1. The van der Waals surface area contributed by atoms with Gasteiger partial charge in [0.25, 0.3) is 10.0 Å². The van der Waals surface area contributed by atoms with Crippen LogP contribution in [-0.4, -0.2) is 119 Å². The standard InChI is InChI=1S/C38H50N2O11S/c1-7-40-20-35(51-34(41)22-10-8-9-11-25(22)39-52(44,45)28-16-21(46-2)12-13-26(28)47-3)15-14-31(49-5)37-29(35)18-24(32(37)40)36(42)19-27(48-4)23-17-30(37)38(36,43)33(23)50-6/h8-13,16,23-24,27,29-33,39,42-43H,7,14-15,17-20H2,1-6H3/t23-,24+,27+,29-,30+,31+,32?,33+,35-,36+,37+,38+/m1/s1. The molecule has 12 atom stereocenters. The quantitative estimate of drug-likeness (QED) is 0.289. The van der Waals surface area contributed by atoms with Gasteiger partial charge in [-0.15, -0.1) is 0 Å². The zero-order chi connectivity index (χ0) is 37.0. The molecule has 13 nitrogen and oxygen atoms in total. The molecule has 1 spiro atoms. The molecule has 5 aliphatic carbocycles. The number of likely N-dealkylation sites (N-methyl/N-ethyl adjacent to an activating group) is 1. The van der Waals surface area contributed by atoms with Gasteiger partial charge in [-0.2, -0.15) is 0 Å². The summed E-state index contributed by atoms with van der Waals surface area (Å²) in [5, 5.41) is 26.0. The normalized spacial score (nSPS) is 41.4. The van der Waals surface area contributed by atoms with Crippen LogP contribution in [0.1, 0.15) is 49.4 Å². The van der Waals surface area contributed by atoms with E-state index in [0.29, 0.717) is 50.9 Å². The maximum atomic E-state index is 14.6. The summed E-state index contributed by atoms with van der Waals surface area (Å²) in [7, 11) is 3.55. The number of benzene rings is 2. The number of aliphatic hydroxyl groups is 2. The molecule has 2 aromatic carbocycles. The van der Waals surface area contributed by atoms with E-state index >= 15 is 0 Å². The van der Waals surface area contributed by atoms with Gasteiger partial charge in [0.2, 0.25) is 0 Å². The summed E-state index contributed by atoms with van der Waals surface area (Å²) >= 11 is 0. The number of esters is 1. The molecule has 0 radical (unpaired) electrons. The molecule has 14 heteroatoms. The number of hydrogen-bond donors (Lipinski definition) is 3. The number of carbonyl (C=O) groups excluding carboxylic acids is 1. The van der Waals surface area contributed by atoms with Gasteiger partial charge in [0.1, 0.15) is 33.2 Å². The third-order valence-electron chi connectivity index (χ3n) is 14.2. The molecule has 3 N–H and O–H groups in total. The number of rotatable bonds is 11. The van der Waals surface area contributed by atoms with E-state index < -0.39 is 50.2 Å². The molecule has 2 aromatic rings. The van der Waals surface area contributed by atoms with E-state index in [4.69, 9.17) is 28.4 Å². The van der Waals surface area contributed by atoms with Crippen molar-refractivity contribution >= 4 is 21.7 Å². The van der Waals surface area contributed by atoms with Gasteiger partial charge < -0.3 is 38.6 Å². The first-order chi connectivity index (χ1) is 24.8. The molecule has 284 valence electrons. The number of methoxy groups -OCH3 is 5. The molecule has 0 aromatic heterocycles. The second-order valence-electron chi connectivity index (χ2n) is 15.6. The number of para-hydroxylation sites is 1. The summed E-state index contributed by atoms with van der Waals surface area (Å²) in [6.07, 6.45) is 1.31. The maximum absolute atomic E-state index is 14.6. The van der Waals surface area contributed by atoms with Crippen molar-refractivity contribution in [1.82, 2.24) is 4.90 Å². The Hall–Kier alpha value is -2.98. The number of fused-ring (bicyclic) bond motifs is 2.